The van der Waals surface area contributed by atoms with Gasteiger partial charge < -0.3 is 10.1 Å². The Labute approximate surface area is 98.8 Å². The van der Waals surface area contributed by atoms with Gasteiger partial charge in [-0.25, -0.2) is 9.18 Å². The zero-order valence-corrected chi connectivity index (χ0v) is 9.70. The standard InChI is InChI=1S/C12H14FNO3/c1-8(12(16)17-2)14-11(15)7-9-5-3-4-6-10(9)13/h3-6,8H,7H2,1-2H3,(H,14,15)/t8-/m0/s1. The molecule has 0 aliphatic rings. The fourth-order valence-electron chi connectivity index (χ4n) is 1.34. The zero-order chi connectivity index (χ0) is 12.8. The summed E-state index contributed by atoms with van der Waals surface area (Å²) in [6, 6.07) is 5.27. The van der Waals surface area contributed by atoms with E-state index in [1.807, 2.05) is 0 Å². The van der Waals surface area contributed by atoms with Gasteiger partial charge in [-0.2, -0.15) is 0 Å². The highest BCUT2D eigenvalue weighted by Gasteiger charge is 2.16. The van der Waals surface area contributed by atoms with Crippen LogP contribution in [0.3, 0.4) is 0 Å². The van der Waals surface area contributed by atoms with Crippen LogP contribution in [0.5, 0.6) is 0 Å². The van der Waals surface area contributed by atoms with Crippen molar-refractivity contribution in [3.63, 3.8) is 0 Å². The number of carbonyl (C=O) groups is 2. The summed E-state index contributed by atoms with van der Waals surface area (Å²) in [5, 5.41) is 2.43. The molecule has 1 aromatic rings. The molecule has 1 rings (SSSR count). The number of nitrogens with one attached hydrogen (secondary N) is 1. The molecule has 0 aliphatic carbocycles. The predicted molar refractivity (Wildman–Crippen MR) is 59.7 cm³/mol. The van der Waals surface area contributed by atoms with Crippen LogP contribution in [0.15, 0.2) is 24.3 Å². The van der Waals surface area contributed by atoms with Crippen molar-refractivity contribution in [1.29, 1.82) is 0 Å². The van der Waals surface area contributed by atoms with Gasteiger partial charge in [0, 0.05) is 0 Å². The summed E-state index contributed by atoms with van der Waals surface area (Å²) in [5.41, 5.74) is 0.294. The molecule has 0 radical (unpaired) electrons. The van der Waals surface area contributed by atoms with Crippen molar-refractivity contribution < 1.29 is 18.7 Å². The fraction of sp³-hybridized carbons (Fsp3) is 0.333. The van der Waals surface area contributed by atoms with Crippen LogP contribution >= 0.6 is 0 Å². The van der Waals surface area contributed by atoms with Gasteiger partial charge in [0.1, 0.15) is 11.9 Å². The van der Waals surface area contributed by atoms with Gasteiger partial charge >= 0.3 is 5.97 Å². The minimum atomic E-state index is -0.737. The van der Waals surface area contributed by atoms with Gasteiger partial charge in [-0.3, -0.25) is 4.79 Å². The van der Waals surface area contributed by atoms with Crippen LogP contribution in [-0.4, -0.2) is 25.0 Å². The van der Waals surface area contributed by atoms with E-state index in [1.165, 1.54) is 26.2 Å². The molecule has 92 valence electrons. The number of esters is 1. The summed E-state index contributed by atoms with van der Waals surface area (Å²) in [6.45, 7) is 1.51. The van der Waals surface area contributed by atoms with E-state index in [2.05, 4.69) is 10.1 Å². The largest absolute Gasteiger partial charge is 0.467 e. The molecule has 0 unspecified atom stereocenters. The SMILES string of the molecule is COC(=O)[C@H](C)NC(=O)Cc1ccccc1F. The molecule has 0 fully saturated rings. The van der Waals surface area contributed by atoms with Crippen molar-refractivity contribution in [3.8, 4) is 0 Å². The first-order valence-corrected chi connectivity index (χ1v) is 5.15. The monoisotopic (exact) mass is 239 g/mol. The van der Waals surface area contributed by atoms with Gasteiger partial charge in [-0.15, -0.1) is 0 Å². The molecule has 0 saturated carbocycles. The third-order valence-corrected chi connectivity index (χ3v) is 2.24. The first kappa shape index (κ1) is 13.2. The molecular weight excluding hydrogens is 225 g/mol. The van der Waals surface area contributed by atoms with E-state index in [-0.39, 0.29) is 6.42 Å². The lowest BCUT2D eigenvalue weighted by Crippen LogP contribution is -2.40. The average molecular weight is 239 g/mol. The van der Waals surface area contributed by atoms with Crippen LogP contribution in [0.2, 0.25) is 0 Å². The molecule has 1 aromatic carbocycles. The number of benzene rings is 1. The highest BCUT2D eigenvalue weighted by atomic mass is 19.1. The van der Waals surface area contributed by atoms with Gasteiger partial charge in [0.05, 0.1) is 13.5 Å². The lowest BCUT2D eigenvalue weighted by molar-refractivity contribution is -0.144. The number of ether oxygens (including phenoxy) is 1. The van der Waals surface area contributed by atoms with E-state index < -0.39 is 23.7 Å². The van der Waals surface area contributed by atoms with Crippen molar-refractivity contribution in [2.75, 3.05) is 7.11 Å². The summed E-state index contributed by atoms with van der Waals surface area (Å²) >= 11 is 0. The van der Waals surface area contributed by atoms with Gasteiger partial charge in [0.2, 0.25) is 5.91 Å². The highest BCUT2D eigenvalue weighted by molar-refractivity contribution is 5.85. The number of hydrogen-bond donors (Lipinski definition) is 1. The third-order valence-electron chi connectivity index (χ3n) is 2.24. The minimum Gasteiger partial charge on any atom is -0.467 e. The van der Waals surface area contributed by atoms with Crippen molar-refractivity contribution in [3.05, 3.63) is 35.6 Å². The Bertz CT molecular complexity index is 420. The molecule has 4 nitrogen and oxygen atoms in total. The third kappa shape index (κ3) is 3.86. The Hall–Kier alpha value is -1.91. The van der Waals surface area contributed by atoms with Crippen LogP contribution in [-0.2, 0) is 20.7 Å². The molecule has 0 aromatic heterocycles. The van der Waals surface area contributed by atoms with Gasteiger partial charge in [0.25, 0.3) is 0 Å². The topological polar surface area (TPSA) is 55.4 Å². The minimum absolute atomic E-state index is 0.103. The lowest BCUT2D eigenvalue weighted by Gasteiger charge is -2.11. The summed E-state index contributed by atoms with van der Waals surface area (Å²) in [4.78, 5) is 22.6. The maximum atomic E-state index is 13.2. The van der Waals surface area contributed by atoms with E-state index in [0.29, 0.717) is 5.56 Å². The molecule has 5 heteroatoms. The normalized spacial score (nSPS) is 11.7. The number of amides is 1. The Morgan fingerprint density at radius 3 is 2.65 bits per heavy atom. The van der Waals surface area contributed by atoms with E-state index in [0.717, 1.165) is 0 Å². The van der Waals surface area contributed by atoms with Crippen LogP contribution in [0.1, 0.15) is 12.5 Å². The highest BCUT2D eigenvalue weighted by Crippen LogP contribution is 2.06. The molecular formula is C12H14FNO3. The summed E-state index contributed by atoms with van der Waals surface area (Å²) < 4.78 is 17.7. The van der Waals surface area contributed by atoms with E-state index in [1.54, 1.807) is 12.1 Å². The Kier molecular flexibility index (Phi) is 4.63. The number of halogens is 1. The average Bonchev–Trinajstić information content (AvgIpc) is 2.31. The quantitative estimate of drug-likeness (QED) is 0.799. The van der Waals surface area contributed by atoms with Crippen molar-refractivity contribution in [2.45, 2.75) is 19.4 Å². The summed E-state index contributed by atoms with van der Waals surface area (Å²) in [6.07, 6.45) is -0.103. The van der Waals surface area contributed by atoms with Gasteiger partial charge in [0.15, 0.2) is 0 Å². The lowest BCUT2D eigenvalue weighted by atomic mass is 10.1. The van der Waals surface area contributed by atoms with Crippen molar-refractivity contribution in [2.24, 2.45) is 0 Å². The van der Waals surface area contributed by atoms with Crippen molar-refractivity contribution in [1.82, 2.24) is 5.32 Å². The van der Waals surface area contributed by atoms with Crippen LogP contribution in [0, 0.1) is 5.82 Å². The maximum Gasteiger partial charge on any atom is 0.328 e. The van der Waals surface area contributed by atoms with Crippen LogP contribution in [0.4, 0.5) is 4.39 Å². The van der Waals surface area contributed by atoms with E-state index in [4.69, 9.17) is 0 Å². The van der Waals surface area contributed by atoms with Crippen molar-refractivity contribution >= 4 is 11.9 Å². The van der Waals surface area contributed by atoms with Gasteiger partial charge in [-0.05, 0) is 18.6 Å². The molecule has 1 N–H and O–H groups in total. The molecule has 0 saturated heterocycles. The Balaban J connectivity index is 2.56. The summed E-state index contributed by atoms with van der Waals surface area (Å²) in [5.74, 6) is -1.40. The fourth-order valence-corrected chi connectivity index (χ4v) is 1.34. The molecule has 1 atom stereocenters. The van der Waals surface area contributed by atoms with Crippen LogP contribution in [0.25, 0.3) is 0 Å². The second-order valence-corrected chi connectivity index (χ2v) is 3.58. The summed E-state index contributed by atoms with van der Waals surface area (Å²) in [7, 11) is 1.24. The van der Waals surface area contributed by atoms with E-state index >= 15 is 0 Å². The molecule has 0 bridgehead atoms. The van der Waals surface area contributed by atoms with Crippen LogP contribution < -0.4 is 5.32 Å². The van der Waals surface area contributed by atoms with E-state index in [9.17, 15) is 14.0 Å². The molecule has 0 spiro atoms. The molecule has 17 heavy (non-hydrogen) atoms. The number of hydrogen-bond acceptors (Lipinski definition) is 3. The Morgan fingerprint density at radius 1 is 1.41 bits per heavy atom. The number of carbonyl (C=O) groups excluding carboxylic acids is 2. The molecule has 0 aliphatic heterocycles. The molecule has 0 heterocycles. The second kappa shape index (κ2) is 5.98. The maximum absolute atomic E-state index is 13.2. The smallest absolute Gasteiger partial charge is 0.328 e. The molecule has 1 amide bonds. The van der Waals surface area contributed by atoms with Gasteiger partial charge in [-0.1, -0.05) is 18.2 Å². The zero-order valence-electron chi connectivity index (χ0n) is 9.70. The first-order chi connectivity index (χ1) is 8.04. The second-order valence-electron chi connectivity index (χ2n) is 3.58. The number of rotatable bonds is 4. The number of methoxy groups -OCH3 is 1. The predicted octanol–water partition coefficient (Wildman–Crippen LogP) is 1.05. The Morgan fingerprint density at radius 2 is 2.06 bits per heavy atom. The first-order valence-electron chi connectivity index (χ1n) is 5.15.